The van der Waals surface area contributed by atoms with E-state index in [2.05, 4.69) is 219 Å². The fourth-order valence-corrected chi connectivity index (χ4v) is 12.2. The first-order valence-electron chi connectivity index (χ1n) is 43.9. The first-order valence-corrected chi connectivity index (χ1v) is 43.9. The van der Waals surface area contributed by atoms with Crippen LogP contribution >= 0.6 is 0 Å². The van der Waals surface area contributed by atoms with E-state index in [1.807, 2.05) is 39.9 Å². The highest BCUT2D eigenvalue weighted by molar-refractivity contribution is 4.75. The number of piperazine rings is 1. The van der Waals surface area contributed by atoms with E-state index in [0.717, 1.165) is 110 Å². The summed E-state index contributed by atoms with van der Waals surface area (Å²) < 4.78 is 2.13. The first kappa shape index (κ1) is 109. The maximum atomic E-state index is 3.98. The third kappa shape index (κ3) is 103. The smallest absolute Gasteiger partial charge is 0.0945 e. The van der Waals surface area contributed by atoms with E-state index in [1.54, 1.807) is 0 Å². The Labute approximate surface area is 629 Å². The Hall–Kier alpha value is -1.07. The number of aromatic nitrogens is 2. The minimum absolute atomic E-state index is 0.807. The van der Waals surface area contributed by atoms with Gasteiger partial charge in [-0.3, -0.25) is 0 Å². The Morgan fingerprint density at radius 1 is 0.343 bits per heavy atom. The number of likely N-dealkylation sites (N-methyl/N-ethyl adjacent to an activating group) is 2. The molecular formula is C90H197N9. The molecule has 0 spiro atoms. The van der Waals surface area contributed by atoms with Crippen LogP contribution in [-0.2, 0) is 6.54 Å². The number of nitrogens with zero attached hydrogens (tertiary/aromatic N) is 5. The molecule has 4 rings (SSSR count). The van der Waals surface area contributed by atoms with Gasteiger partial charge in [-0.05, 0) is 202 Å². The van der Waals surface area contributed by atoms with E-state index in [1.165, 1.54) is 264 Å². The van der Waals surface area contributed by atoms with Gasteiger partial charge in [0.2, 0.25) is 0 Å². The van der Waals surface area contributed by atoms with Crippen molar-refractivity contribution in [1.82, 2.24) is 45.5 Å². The van der Waals surface area contributed by atoms with Gasteiger partial charge < -0.3 is 40.5 Å². The molecule has 4 N–H and O–H groups in total. The lowest BCUT2D eigenvalue weighted by atomic mass is 9.84. The number of aryl methyl sites for hydroxylation is 1. The van der Waals surface area contributed by atoms with Crippen molar-refractivity contribution in [3.63, 3.8) is 0 Å². The Balaban J connectivity index is -0.000000246. The number of imidazole rings is 1. The quantitative estimate of drug-likeness (QED) is 0.0482. The Bertz CT molecular complexity index is 1470. The highest BCUT2D eigenvalue weighted by Gasteiger charge is 2.17. The summed E-state index contributed by atoms with van der Waals surface area (Å²) in [7, 11) is 6.01. The first-order chi connectivity index (χ1) is 47.1. The van der Waals surface area contributed by atoms with E-state index in [-0.39, 0.29) is 0 Å². The summed E-state index contributed by atoms with van der Waals surface area (Å²) in [5, 5.41) is 13.0. The molecule has 9 nitrogen and oxygen atoms in total. The Kier molecular flexibility index (Phi) is 94.4. The van der Waals surface area contributed by atoms with Crippen LogP contribution in [0.3, 0.4) is 0 Å². The van der Waals surface area contributed by atoms with Crippen molar-refractivity contribution in [1.29, 1.82) is 0 Å². The van der Waals surface area contributed by atoms with Crippen LogP contribution in [0.2, 0.25) is 0 Å². The van der Waals surface area contributed by atoms with Crippen LogP contribution in [0.25, 0.3) is 0 Å². The van der Waals surface area contributed by atoms with Crippen molar-refractivity contribution in [3.8, 4) is 0 Å². The van der Waals surface area contributed by atoms with Crippen LogP contribution in [0.1, 0.15) is 379 Å². The highest BCUT2D eigenvalue weighted by atomic mass is 15.3. The molecule has 3 fully saturated rings. The molecule has 1 saturated heterocycles. The van der Waals surface area contributed by atoms with E-state index < -0.39 is 0 Å². The monoisotopic (exact) mass is 1400 g/mol. The fourth-order valence-electron chi connectivity index (χ4n) is 12.2. The van der Waals surface area contributed by atoms with E-state index in [4.69, 9.17) is 0 Å². The summed E-state index contributed by atoms with van der Waals surface area (Å²) in [6.45, 7) is 75.2. The standard InChI is InChI=1S/C14H30N2.C11H27N3.C11H25N.C10H20.C9H16N2.C9H18.2C7H16.C6H15N.C6H14/c1-4-5-8-15-10-12-16(13-11-15)9-6-7-14(2)3;1-11(2)5-8-14(9-6-12-3)10-7-13-4;1-4-5-9-12-10-7-6-8-11(2)3;1-9(2)8-10-6-4-3-5-7-10;1-9(2)4-3-6-11-7-5-10-8-11;1-8(2)7-9-5-3-4-6-9;2*1-4-5-6-7(2)3;1-6(2)4-5-7-3;1-4-5-6(2)3/h14H,4-13H2,1-3H3;11-13H,5-10H2,1-4H3;11-12H,4-10H2,1-3H3;9-10H,3-8H2,1-2H3;5,7-9H,3-4,6H2,1-2H3;8-9H,3-7H2,1-2H3;2*7H,4-6H2,1-3H3;6-7H,4-5H2,1-3H3;6H,4-5H2,1-3H3. The number of nitrogens with one attached hydrogen (secondary N) is 4. The van der Waals surface area contributed by atoms with Gasteiger partial charge >= 0.3 is 0 Å². The molecule has 1 aromatic rings. The zero-order valence-electron chi connectivity index (χ0n) is 74.1. The molecule has 1 aromatic heterocycles. The molecule has 3 aliphatic rings. The molecule has 99 heavy (non-hydrogen) atoms. The largest absolute Gasteiger partial charge is 0.337 e. The van der Waals surface area contributed by atoms with Crippen molar-refractivity contribution >= 4 is 0 Å². The summed E-state index contributed by atoms with van der Waals surface area (Å²) in [5.41, 5.74) is 0. The molecule has 0 atom stereocenters. The van der Waals surface area contributed by atoms with Crippen molar-refractivity contribution < 1.29 is 0 Å². The SMILES string of the molecule is CC(C)CC1CCCC1.CC(C)CC1CCCCC1.CC(C)CCCn1ccnc1.CCCC(C)C.CCCCC(C)C.CCCCC(C)C.CCCCN1CCN(CCCC(C)C)CC1.CCCCNCCCCC(C)C.CNCCC(C)C.CNCCN(CCNC)CCC(C)C. The molecule has 0 bridgehead atoms. The summed E-state index contributed by atoms with van der Waals surface area (Å²) >= 11 is 0. The van der Waals surface area contributed by atoms with Crippen molar-refractivity contribution in [3.05, 3.63) is 18.7 Å². The molecular weight excluding hydrogens is 1210 g/mol. The highest BCUT2D eigenvalue weighted by Crippen LogP contribution is 2.30. The second-order valence-corrected chi connectivity index (χ2v) is 34.6. The van der Waals surface area contributed by atoms with E-state index in [9.17, 15) is 0 Å². The van der Waals surface area contributed by atoms with Crippen LogP contribution < -0.4 is 21.3 Å². The lowest BCUT2D eigenvalue weighted by Crippen LogP contribution is -2.46. The van der Waals surface area contributed by atoms with Gasteiger partial charge in [0.25, 0.3) is 0 Å². The molecule has 602 valence electrons. The van der Waals surface area contributed by atoms with Crippen molar-refractivity contribution in [2.24, 2.45) is 71.0 Å². The van der Waals surface area contributed by atoms with Gasteiger partial charge in [-0.25, -0.2) is 4.98 Å². The molecule has 0 radical (unpaired) electrons. The average molecular weight is 1410 g/mol. The van der Waals surface area contributed by atoms with Gasteiger partial charge in [0.15, 0.2) is 0 Å². The third-order valence-electron chi connectivity index (χ3n) is 18.7. The number of hydrogen-bond donors (Lipinski definition) is 4. The lowest BCUT2D eigenvalue weighted by molar-refractivity contribution is 0.129. The number of rotatable bonds is 43. The van der Waals surface area contributed by atoms with Crippen LogP contribution in [0.15, 0.2) is 18.7 Å². The molecule has 0 unspecified atom stereocenters. The molecule has 1 aliphatic heterocycles. The van der Waals surface area contributed by atoms with Crippen molar-refractivity contribution in [2.45, 2.75) is 385 Å². The van der Waals surface area contributed by atoms with Crippen molar-refractivity contribution in [2.75, 3.05) is 113 Å². The summed E-state index contributed by atoms with van der Waals surface area (Å²) in [6.07, 6.45) is 50.6. The topological polar surface area (TPSA) is 75.7 Å². The van der Waals surface area contributed by atoms with Gasteiger partial charge in [0.1, 0.15) is 0 Å². The van der Waals surface area contributed by atoms with Crippen LogP contribution in [-0.4, -0.2) is 137 Å². The summed E-state index contributed by atoms with van der Waals surface area (Å²) in [5.74, 6) is 10.9. The number of hydrogen-bond acceptors (Lipinski definition) is 8. The predicted octanol–water partition coefficient (Wildman–Crippen LogP) is 25.3. The van der Waals surface area contributed by atoms with Gasteiger partial charge in [-0.15, -0.1) is 0 Å². The van der Waals surface area contributed by atoms with E-state index >= 15 is 0 Å². The molecule has 0 aromatic carbocycles. The molecule has 2 saturated carbocycles. The molecule has 2 heterocycles. The normalized spacial score (nSPS) is 14.3. The summed E-state index contributed by atoms with van der Waals surface area (Å²) in [4.78, 5) is 11.8. The minimum Gasteiger partial charge on any atom is -0.337 e. The minimum atomic E-state index is 0.807. The van der Waals surface area contributed by atoms with Gasteiger partial charge in [-0.2, -0.15) is 0 Å². The van der Waals surface area contributed by atoms with Crippen LogP contribution in [0.5, 0.6) is 0 Å². The lowest BCUT2D eigenvalue weighted by Gasteiger charge is -2.34. The van der Waals surface area contributed by atoms with Gasteiger partial charge in [0, 0.05) is 71.3 Å². The van der Waals surface area contributed by atoms with Gasteiger partial charge in [0.05, 0.1) is 6.33 Å². The second-order valence-electron chi connectivity index (χ2n) is 34.6. The summed E-state index contributed by atoms with van der Waals surface area (Å²) in [6, 6.07) is 0. The maximum Gasteiger partial charge on any atom is 0.0945 e. The molecule has 2 aliphatic carbocycles. The average Bonchev–Trinajstić information content (AvgIpc) is 1.47. The van der Waals surface area contributed by atoms with Gasteiger partial charge in [-0.1, -0.05) is 308 Å². The Morgan fingerprint density at radius 3 is 1.03 bits per heavy atom. The van der Waals surface area contributed by atoms with E-state index in [0.29, 0.717) is 0 Å². The second kappa shape index (κ2) is 85.9. The zero-order valence-corrected chi connectivity index (χ0v) is 74.1. The molecule has 0 amide bonds. The zero-order chi connectivity index (χ0) is 76.1. The predicted molar refractivity (Wildman–Crippen MR) is 458 cm³/mol. The Morgan fingerprint density at radius 2 is 0.707 bits per heavy atom. The number of unbranched alkanes of at least 4 members (excludes halogenated alkanes) is 5. The van der Waals surface area contributed by atoms with Crippen LogP contribution in [0, 0.1) is 71.0 Å². The van der Waals surface area contributed by atoms with Crippen LogP contribution in [0.4, 0.5) is 0 Å². The fraction of sp³-hybridized carbons (Fsp3) is 0.967. The third-order valence-corrected chi connectivity index (χ3v) is 18.7. The maximum absolute atomic E-state index is 3.98. The molecule has 9 heteroatoms.